The zero-order valence-electron chi connectivity index (χ0n) is 17.7. The van der Waals surface area contributed by atoms with Crippen molar-refractivity contribution in [1.29, 1.82) is 5.26 Å². The molecule has 2 aromatic carbocycles. The van der Waals surface area contributed by atoms with Gasteiger partial charge in [0.2, 0.25) is 13.1 Å². The molecular weight excluding hydrogens is 543 g/mol. The first-order valence-electron chi connectivity index (χ1n) is 10.0. The van der Waals surface area contributed by atoms with Crippen LogP contribution < -0.4 is 33.4 Å². The summed E-state index contributed by atoms with van der Waals surface area (Å²) in [6.07, 6.45) is 5.02. The van der Waals surface area contributed by atoms with Crippen molar-refractivity contribution in [3.05, 3.63) is 77.8 Å². The molecule has 168 valence electrons. The summed E-state index contributed by atoms with van der Waals surface area (Å²) in [5.41, 5.74) is 0.162. The number of para-hydroxylation sites is 1. The van der Waals surface area contributed by atoms with E-state index in [0.717, 1.165) is 18.4 Å². The lowest BCUT2D eigenvalue weighted by atomic mass is 9.77. The highest BCUT2D eigenvalue weighted by atomic mass is 127. The predicted molar refractivity (Wildman–Crippen MR) is 114 cm³/mol. The molecule has 9 heteroatoms. The molecule has 1 aromatic heterocycles. The number of ether oxygens (including phenoxy) is 2. The maximum atomic E-state index is 11.9. The number of unbranched alkanes of at least 4 members (excludes halogenated alkanes) is 1. The Labute approximate surface area is 209 Å². The lowest BCUT2D eigenvalue weighted by molar-refractivity contribution is -0.757. The van der Waals surface area contributed by atoms with Crippen LogP contribution in [-0.2, 0) is 23.4 Å². The van der Waals surface area contributed by atoms with Crippen molar-refractivity contribution in [2.24, 2.45) is 0 Å². The molecule has 1 atom stereocenters. The first-order valence-corrected chi connectivity index (χ1v) is 10.4. The minimum absolute atomic E-state index is 0. The number of nitriles is 1. The average Bonchev–Trinajstić information content (AvgIpc) is 3.24. The van der Waals surface area contributed by atoms with Crippen molar-refractivity contribution >= 4 is 17.8 Å². The Morgan fingerprint density at radius 3 is 2.59 bits per heavy atom. The molecular formula is C23H24ClIN4O3. The van der Waals surface area contributed by atoms with Gasteiger partial charge in [0.15, 0.2) is 0 Å². The monoisotopic (exact) mass is 566 g/mol. The number of rotatable bonds is 9. The number of carbonyl (C=O) groups excluding carboxylic acids is 1. The molecule has 1 unspecified atom stereocenters. The Morgan fingerprint density at radius 2 is 1.94 bits per heavy atom. The third-order valence-corrected chi connectivity index (χ3v) is 5.16. The fraction of sp³-hybridized carbons (Fsp3) is 0.304. The van der Waals surface area contributed by atoms with Crippen LogP contribution in [0.4, 0.5) is 4.79 Å². The molecule has 0 amide bonds. The molecule has 0 radical (unpaired) electrons. The van der Waals surface area contributed by atoms with Gasteiger partial charge >= 0.3 is 6.16 Å². The molecule has 0 N–H and O–H groups in total. The molecule has 3 rings (SSSR count). The average molecular weight is 567 g/mol. The van der Waals surface area contributed by atoms with Gasteiger partial charge in [-0.15, -0.1) is 4.68 Å². The van der Waals surface area contributed by atoms with Crippen LogP contribution in [0.1, 0.15) is 31.7 Å². The van der Waals surface area contributed by atoms with Gasteiger partial charge in [-0.05, 0) is 41.3 Å². The van der Waals surface area contributed by atoms with Gasteiger partial charge in [-0.1, -0.05) is 61.7 Å². The van der Waals surface area contributed by atoms with Gasteiger partial charge in [-0.2, -0.15) is 9.83 Å². The van der Waals surface area contributed by atoms with Crippen molar-refractivity contribution in [3.8, 4) is 11.8 Å². The fourth-order valence-electron chi connectivity index (χ4n) is 3.25. The van der Waals surface area contributed by atoms with E-state index in [1.807, 2.05) is 18.2 Å². The molecule has 3 aromatic rings. The van der Waals surface area contributed by atoms with Gasteiger partial charge < -0.3 is 33.5 Å². The van der Waals surface area contributed by atoms with Gasteiger partial charge in [-0.25, -0.2) is 4.79 Å². The number of benzene rings is 2. The maximum Gasteiger partial charge on any atom is 0.517 e. The van der Waals surface area contributed by atoms with E-state index in [1.54, 1.807) is 58.3 Å². The van der Waals surface area contributed by atoms with Crippen molar-refractivity contribution in [2.45, 2.75) is 44.9 Å². The molecule has 0 saturated carbocycles. The second-order valence-electron chi connectivity index (χ2n) is 7.20. The van der Waals surface area contributed by atoms with Crippen LogP contribution in [0, 0.1) is 11.3 Å². The lowest BCUT2D eigenvalue weighted by Gasteiger charge is -2.24. The summed E-state index contributed by atoms with van der Waals surface area (Å²) in [6, 6.07) is 18.6. The Morgan fingerprint density at radius 1 is 1.22 bits per heavy atom. The Balaban J connectivity index is 0.00000363. The number of carbonyl (C=O) groups is 1. The zero-order valence-corrected chi connectivity index (χ0v) is 20.6. The van der Waals surface area contributed by atoms with E-state index in [1.165, 1.54) is 0 Å². The van der Waals surface area contributed by atoms with Gasteiger partial charge in [0.1, 0.15) is 17.7 Å². The van der Waals surface area contributed by atoms with E-state index in [-0.39, 0.29) is 30.7 Å². The summed E-state index contributed by atoms with van der Waals surface area (Å²) in [5, 5.41) is 15.1. The van der Waals surface area contributed by atoms with Crippen molar-refractivity contribution in [2.75, 3.05) is 0 Å². The Bertz CT molecular complexity index is 1040. The molecule has 0 bridgehead atoms. The predicted octanol–water partition coefficient (Wildman–Crippen LogP) is 1.65. The standard InChI is InChI=1S/C23H24ClN4O3.HI/c1-2-3-13-23(14-25,19-9-11-20(24)12-10-19)15-28-17-27(16-26-28)18-30-22(29)31-21-7-5-4-6-8-21;/h4-12,16-17H,2-3,13,15,18H2,1H3;1H/q+1;/p-1. The molecule has 0 aliphatic heterocycles. The SMILES string of the molecule is CCCCC(C#N)(C[n+]1cn(COC(=O)Oc2ccccc2)cn1)c1ccc(Cl)cc1.[I-]. The van der Waals surface area contributed by atoms with Crippen LogP contribution in [0.5, 0.6) is 5.75 Å². The number of halogens is 2. The molecule has 7 nitrogen and oxygen atoms in total. The highest BCUT2D eigenvalue weighted by Gasteiger charge is 2.35. The van der Waals surface area contributed by atoms with Crippen LogP contribution in [0.25, 0.3) is 0 Å². The summed E-state index contributed by atoms with van der Waals surface area (Å²) in [6.45, 7) is 2.41. The van der Waals surface area contributed by atoms with E-state index in [9.17, 15) is 10.1 Å². The van der Waals surface area contributed by atoms with E-state index >= 15 is 0 Å². The van der Waals surface area contributed by atoms with Crippen LogP contribution in [0.3, 0.4) is 0 Å². The van der Waals surface area contributed by atoms with Crippen molar-refractivity contribution < 1.29 is 42.9 Å². The zero-order chi connectivity index (χ0) is 22.1. The topological polar surface area (TPSA) is 81.0 Å². The van der Waals surface area contributed by atoms with Crippen LogP contribution in [-0.4, -0.2) is 15.8 Å². The number of hydrogen-bond donors (Lipinski definition) is 0. The van der Waals surface area contributed by atoms with Gasteiger partial charge in [0.25, 0.3) is 6.33 Å². The van der Waals surface area contributed by atoms with Gasteiger partial charge in [-0.3, -0.25) is 0 Å². The summed E-state index contributed by atoms with van der Waals surface area (Å²) in [5.74, 6) is 0.408. The van der Waals surface area contributed by atoms with E-state index in [4.69, 9.17) is 21.1 Å². The van der Waals surface area contributed by atoms with E-state index < -0.39 is 11.6 Å². The highest BCUT2D eigenvalue weighted by Crippen LogP contribution is 2.31. The van der Waals surface area contributed by atoms with E-state index in [2.05, 4.69) is 18.1 Å². The minimum Gasteiger partial charge on any atom is -1.00 e. The van der Waals surface area contributed by atoms with Crippen LogP contribution in [0.2, 0.25) is 5.02 Å². The Kier molecular flexibility index (Phi) is 9.94. The number of nitrogens with zero attached hydrogens (tertiary/aromatic N) is 4. The second kappa shape index (κ2) is 12.4. The van der Waals surface area contributed by atoms with Crippen LogP contribution >= 0.6 is 11.6 Å². The summed E-state index contributed by atoms with van der Waals surface area (Å²) >= 11 is 6.03. The van der Waals surface area contributed by atoms with Crippen LogP contribution in [0.15, 0.2) is 67.3 Å². The quantitative estimate of drug-likeness (QED) is 0.170. The summed E-state index contributed by atoms with van der Waals surface area (Å²) in [7, 11) is 0. The highest BCUT2D eigenvalue weighted by molar-refractivity contribution is 6.30. The smallest absolute Gasteiger partial charge is 0.517 e. The first-order chi connectivity index (χ1) is 15.0. The normalized spacial score (nSPS) is 12.2. The molecule has 0 aliphatic carbocycles. The fourth-order valence-corrected chi connectivity index (χ4v) is 3.37. The summed E-state index contributed by atoms with van der Waals surface area (Å²) in [4.78, 5) is 11.9. The van der Waals surface area contributed by atoms with Gasteiger partial charge in [0, 0.05) is 5.02 Å². The second-order valence-corrected chi connectivity index (χ2v) is 7.64. The maximum absolute atomic E-state index is 11.9. The molecule has 0 spiro atoms. The number of hydrogen-bond acceptors (Lipinski definition) is 5. The third-order valence-electron chi connectivity index (χ3n) is 4.91. The lowest BCUT2D eigenvalue weighted by Crippen LogP contribution is -3.00. The van der Waals surface area contributed by atoms with E-state index in [0.29, 0.717) is 23.7 Å². The van der Waals surface area contributed by atoms with Crippen molar-refractivity contribution in [1.82, 2.24) is 9.67 Å². The minimum atomic E-state index is -0.804. The van der Waals surface area contributed by atoms with Crippen molar-refractivity contribution in [3.63, 3.8) is 0 Å². The molecule has 32 heavy (non-hydrogen) atoms. The first kappa shape index (κ1) is 25.6. The molecule has 0 saturated heterocycles. The Hall–Kier alpha value is -2.64. The largest absolute Gasteiger partial charge is 1.00 e. The molecule has 1 heterocycles. The molecule has 0 aliphatic rings. The van der Waals surface area contributed by atoms with Gasteiger partial charge in [0.05, 0.1) is 6.07 Å². The molecule has 0 fully saturated rings. The number of aromatic nitrogens is 3. The third kappa shape index (κ3) is 6.93. The summed E-state index contributed by atoms with van der Waals surface area (Å²) < 4.78 is 13.5.